The molecule has 2 aliphatic rings. The molecule has 0 aliphatic carbocycles. The SMILES string of the molecule is CCN1CCN(CC(=O)Nc2ccc(Nc3nccc(N4CCc5sccc5C4)n3)c(OC)c2)CC1. The first-order valence-corrected chi connectivity index (χ1v) is 13.3. The number of hydrogen-bond acceptors (Lipinski definition) is 9. The molecule has 2 aliphatic heterocycles. The Morgan fingerprint density at radius 2 is 1.94 bits per heavy atom. The largest absolute Gasteiger partial charge is 0.494 e. The van der Waals surface area contributed by atoms with Crippen molar-refractivity contribution in [1.29, 1.82) is 0 Å². The molecule has 0 atom stereocenters. The lowest BCUT2D eigenvalue weighted by atomic mass is 10.1. The zero-order chi connectivity index (χ0) is 24.9. The molecule has 0 saturated carbocycles. The van der Waals surface area contributed by atoms with Crippen molar-refractivity contribution in [1.82, 2.24) is 19.8 Å². The van der Waals surface area contributed by atoms with Crippen molar-refractivity contribution in [2.24, 2.45) is 0 Å². The number of amides is 1. The molecule has 2 N–H and O–H groups in total. The van der Waals surface area contributed by atoms with Gasteiger partial charge in [-0.1, -0.05) is 6.92 Å². The summed E-state index contributed by atoms with van der Waals surface area (Å²) in [5.41, 5.74) is 2.81. The number of carbonyl (C=O) groups is 1. The number of ether oxygens (including phenoxy) is 1. The van der Waals surface area contributed by atoms with Crippen LogP contribution in [0, 0.1) is 0 Å². The van der Waals surface area contributed by atoms with E-state index >= 15 is 0 Å². The van der Waals surface area contributed by atoms with Crippen molar-refractivity contribution < 1.29 is 9.53 Å². The third-order valence-electron chi connectivity index (χ3n) is 6.78. The number of nitrogens with one attached hydrogen (secondary N) is 2. The summed E-state index contributed by atoms with van der Waals surface area (Å²) in [6.07, 6.45) is 2.81. The Kier molecular flexibility index (Phi) is 7.64. The Balaban J connectivity index is 1.21. The molecule has 0 spiro atoms. The van der Waals surface area contributed by atoms with Gasteiger partial charge in [0, 0.05) is 62.1 Å². The standard InChI is InChI=1S/C26H33N7O2S/c1-3-31-11-13-32(14-12-31)18-25(34)28-20-4-5-21(22(16-20)35-2)29-26-27-9-6-24(30-26)33-10-7-23-19(17-33)8-15-36-23/h4-6,8-9,15-16H,3,7,10-14,17-18H2,1-2H3,(H,28,34)(H,27,29,30). The lowest BCUT2D eigenvalue weighted by Gasteiger charge is -2.33. The molecule has 2 aromatic heterocycles. The molecule has 5 rings (SSSR count). The maximum absolute atomic E-state index is 12.6. The van der Waals surface area contributed by atoms with Crippen molar-refractivity contribution in [3.63, 3.8) is 0 Å². The van der Waals surface area contributed by atoms with Gasteiger partial charge < -0.3 is 25.2 Å². The number of carbonyl (C=O) groups excluding carboxylic acids is 1. The zero-order valence-electron chi connectivity index (χ0n) is 20.9. The Morgan fingerprint density at radius 3 is 2.75 bits per heavy atom. The van der Waals surface area contributed by atoms with Gasteiger partial charge in [0.2, 0.25) is 11.9 Å². The minimum Gasteiger partial charge on any atom is -0.494 e. The quantitative estimate of drug-likeness (QED) is 0.480. The fourth-order valence-electron chi connectivity index (χ4n) is 4.69. The molecule has 3 aromatic rings. The Labute approximate surface area is 216 Å². The first-order chi connectivity index (χ1) is 17.6. The molecular formula is C26H33N7O2S. The maximum Gasteiger partial charge on any atom is 0.238 e. The number of methoxy groups -OCH3 is 1. The number of hydrogen-bond donors (Lipinski definition) is 2. The van der Waals surface area contributed by atoms with E-state index in [2.05, 4.69) is 48.7 Å². The zero-order valence-corrected chi connectivity index (χ0v) is 21.7. The number of thiophene rings is 1. The fraction of sp³-hybridized carbons (Fsp3) is 0.423. The monoisotopic (exact) mass is 507 g/mol. The van der Waals surface area contributed by atoms with Gasteiger partial charge in [-0.3, -0.25) is 9.69 Å². The van der Waals surface area contributed by atoms with E-state index < -0.39 is 0 Å². The third kappa shape index (κ3) is 5.77. The van der Waals surface area contributed by atoms with Crippen molar-refractivity contribution in [3.05, 3.63) is 52.3 Å². The molecule has 1 aromatic carbocycles. The molecule has 4 heterocycles. The van der Waals surface area contributed by atoms with Gasteiger partial charge in [-0.25, -0.2) is 4.98 Å². The fourth-order valence-corrected chi connectivity index (χ4v) is 5.58. The first kappa shape index (κ1) is 24.5. The Hall–Kier alpha value is -3.21. The van der Waals surface area contributed by atoms with Crippen molar-refractivity contribution >= 4 is 40.4 Å². The van der Waals surface area contributed by atoms with Gasteiger partial charge in [0.1, 0.15) is 11.6 Å². The summed E-state index contributed by atoms with van der Waals surface area (Å²) in [6.45, 7) is 9.27. The van der Waals surface area contributed by atoms with E-state index in [1.807, 2.05) is 35.6 Å². The topological polar surface area (TPSA) is 85.9 Å². The molecule has 1 amide bonds. The van der Waals surface area contributed by atoms with Crippen LogP contribution in [0.4, 0.5) is 23.1 Å². The second-order valence-corrected chi connectivity index (χ2v) is 10.1. The average molecular weight is 508 g/mol. The summed E-state index contributed by atoms with van der Waals surface area (Å²) in [7, 11) is 1.61. The predicted octanol–water partition coefficient (Wildman–Crippen LogP) is 3.43. The highest BCUT2D eigenvalue weighted by molar-refractivity contribution is 7.10. The normalized spacial score (nSPS) is 16.4. The molecule has 1 saturated heterocycles. The van der Waals surface area contributed by atoms with E-state index in [0.717, 1.165) is 63.7 Å². The van der Waals surface area contributed by atoms with Gasteiger partial charge >= 0.3 is 0 Å². The van der Waals surface area contributed by atoms with Crippen LogP contribution >= 0.6 is 11.3 Å². The van der Waals surface area contributed by atoms with Crippen LogP contribution in [0.1, 0.15) is 17.4 Å². The van der Waals surface area contributed by atoms with Crippen LogP contribution in [0.5, 0.6) is 5.75 Å². The van der Waals surface area contributed by atoms with Crippen molar-refractivity contribution in [2.75, 3.05) is 68.5 Å². The first-order valence-electron chi connectivity index (χ1n) is 12.4. The molecule has 0 unspecified atom stereocenters. The molecule has 0 bridgehead atoms. The minimum atomic E-state index is -0.0194. The van der Waals surface area contributed by atoms with Crippen LogP contribution in [0.25, 0.3) is 0 Å². The molecule has 9 nitrogen and oxygen atoms in total. The number of anilines is 4. The maximum atomic E-state index is 12.6. The van der Waals surface area contributed by atoms with Crippen molar-refractivity contribution in [2.45, 2.75) is 19.9 Å². The van der Waals surface area contributed by atoms with Gasteiger partial charge in [0.05, 0.1) is 19.3 Å². The third-order valence-corrected chi connectivity index (χ3v) is 7.81. The minimum absolute atomic E-state index is 0.0194. The molecule has 1 fully saturated rings. The number of fused-ring (bicyclic) bond motifs is 1. The second kappa shape index (κ2) is 11.2. The number of likely N-dealkylation sites (N-methyl/N-ethyl adjacent to an activating group) is 1. The van der Waals surface area contributed by atoms with Crippen molar-refractivity contribution in [3.8, 4) is 5.75 Å². The highest BCUT2D eigenvalue weighted by Crippen LogP contribution is 2.31. The van der Waals surface area contributed by atoms with Gasteiger partial charge in [0.15, 0.2) is 0 Å². The van der Waals surface area contributed by atoms with Crippen LogP contribution in [-0.4, -0.2) is 78.6 Å². The average Bonchev–Trinajstić information content (AvgIpc) is 3.38. The summed E-state index contributed by atoms with van der Waals surface area (Å²) >= 11 is 1.83. The van der Waals surface area contributed by atoms with E-state index in [0.29, 0.717) is 23.9 Å². The predicted molar refractivity (Wildman–Crippen MR) is 145 cm³/mol. The van der Waals surface area contributed by atoms with Gasteiger partial charge in [-0.05, 0) is 48.2 Å². The number of rotatable bonds is 8. The van der Waals surface area contributed by atoms with E-state index in [-0.39, 0.29) is 5.91 Å². The summed E-state index contributed by atoms with van der Waals surface area (Å²) < 4.78 is 5.60. The smallest absolute Gasteiger partial charge is 0.238 e. The summed E-state index contributed by atoms with van der Waals surface area (Å²) in [5, 5.41) is 8.43. The molecule has 10 heteroatoms. The molecule has 0 radical (unpaired) electrons. The highest BCUT2D eigenvalue weighted by Gasteiger charge is 2.20. The lowest BCUT2D eigenvalue weighted by Crippen LogP contribution is -2.48. The molecule has 36 heavy (non-hydrogen) atoms. The number of piperazine rings is 1. The van der Waals surface area contributed by atoms with Gasteiger partial charge in [-0.2, -0.15) is 4.98 Å². The van der Waals surface area contributed by atoms with Crippen LogP contribution < -0.4 is 20.3 Å². The van der Waals surface area contributed by atoms with E-state index in [1.54, 1.807) is 13.3 Å². The summed E-state index contributed by atoms with van der Waals surface area (Å²) in [4.78, 5) is 30.1. The van der Waals surface area contributed by atoms with Crippen LogP contribution in [0.15, 0.2) is 41.9 Å². The number of benzene rings is 1. The van der Waals surface area contributed by atoms with Crippen LogP contribution in [-0.2, 0) is 17.8 Å². The lowest BCUT2D eigenvalue weighted by molar-refractivity contribution is -0.117. The van der Waals surface area contributed by atoms with E-state index in [1.165, 1.54) is 10.4 Å². The number of aromatic nitrogens is 2. The van der Waals surface area contributed by atoms with Gasteiger partial charge in [-0.15, -0.1) is 11.3 Å². The Morgan fingerprint density at radius 1 is 1.11 bits per heavy atom. The summed E-state index contributed by atoms with van der Waals surface area (Å²) in [5.74, 6) is 1.99. The van der Waals surface area contributed by atoms with Crippen LogP contribution in [0.3, 0.4) is 0 Å². The van der Waals surface area contributed by atoms with E-state index in [9.17, 15) is 4.79 Å². The molecule has 190 valence electrons. The van der Waals surface area contributed by atoms with Gasteiger partial charge in [0.25, 0.3) is 0 Å². The Bertz CT molecular complexity index is 1190. The number of nitrogens with zero attached hydrogens (tertiary/aromatic N) is 5. The highest BCUT2D eigenvalue weighted by atomic mass is 32.1. The van der Waals surface area contributed by atoms with Crippen LogP contribution in [0.2, 0.25) is 0 Å². The second-order valence-electron chi connectivity index (χ2n) is 9.08. The summed E-state index contributed by atoms with van der Waals surface area (Å²) in [6, 6.07) is 9.71. The molecular weight excluding hydrogens is 474 g/mol. The van der Waals surface area contributed by atoms with E-state index in [4.69, 9.17) is 9.72 Å².